The molecule has 1 aromatic rings. The molecule has 74 valence electrons. The Kier molecular flexibility index (Phi) is 3.87. The molecule has 14 heavy (non-hydrogen) atoms. The molecule has 0 saturated carbocycles. The van der Waals surface area contributed by atoms with E-state index in [1.54, 1.807) is 37.5 Å². The van der Waals surface area contributed by atoms with E-state index in [1.165, 1.54) is 0 Å². The van der Waals surface area contributed by atoms with Crippen molar-refractivity contribution in [3.63, 3.8) is 0 Å². The van der Waals surface area contributed by atoms with Crippen LogP contribution in [0.25, 0.3) is 0 Å². The van der Waals surface area contributed by atoms with E-state index < -0.39 is 0 Å². The zero-order chi connectivity index (χ0) is 10.4. The van der Waals surface area contributed by atoms with Crippen LogP contribution in [-0.4, -0.2) is 23.5 Å². The van der Waals surface area contributed by atoms with Gasteiger partial charge >= 0.3 is 0 Å². The van der Waals surface area contributed by atoms with E-state index in [0.29, 0.717) is 5.11 Å². The van der Waals surface area contributed by atoms with Crippen molar-refractivity contribution in [3.05, 3.63) is 29.8 Å². The second-order valence-corrected chi connectivity index (χ2v) is 2.95. The Morgan fingerprint density at radius 1 is 1.43 bits per heavy atom. The average Bonchev–Trinajstić information content (AvgIpc) is 2.21. The van der Waals surface area contributed by atoms with Crippen molar-refractivity contribution >= 4 is 23.5 Å². The Hall–Kier alpha value is -1.62. The smallest absolute Gasteiger partial charge is 0.186 e. The number of nitrogens with zero attached hydrogens (tertiary/aromatic N) is 1. The Bertz CT molecular complexity index is 334. The van der Waals surface area contributed by atoms with E-state index >= 15 is 0 Å². The van der Waals surface area contributed by atoms with E-state index in [0.717, 1.165) is 5.56 Å². The van der Waals surface area contributed by atoms with Gasteiger partial charge in [0.05, 0.1) is 6.21 Å². The van der Waals surface area contributed by atoms with Crippen molar-refractivity contribution in [2.24, 2.45) is 5.10 Å². The fourth-order valence-corrected chi connectivity index (χ4v) is 0.834. The molecule has 0 aromatic heterocycles. The average molecular weight is 209 g/mol. The van der Waals surface area contributed by atoms with Gasteiger partial charge in [0.1, 0.15) is 5.75 Å². The normalized spacial score (nSPS) is 10.1. The van der Waals surface area contributed by atoms with Crippen molar-refractivity contribution in [1.29, 1.82) is 0 Å². The lowest BCUT2D eigenvalue weighted by Crippen LogP contribution is -2.28. The summed E-state index contributed by atoms with van der Waals surface area (Å²) in [7, 11) is 1.71. The number of phenolic OH excluding ortho intramolecular Hbond substituents is 1. The van der Waals surface area contributed by atoms with Crippen molar-refractivity contribution in [2.75, 3.05) is 7.05 Å². The molecular formula is C9H11N3OS. The molecule has 5 heteroatoms. The van der Waals surface area contributed by atoms with Gasteiger partial charge in [-0.3, -0.25) is 5.43 Å². The van der Waals surface area contributed by atoms with Crippen LogP contribution in [0, 0.1) is 0 Å². The number of aromatic hydroxyl groups is 1. The molecule has 0 fully saturated rings. The molecule has 0 aliphatic carbocycles. The van der Waals surface area contributed by atoms with Crippen LogP contribution in [0.4, 0.5) is 0 Å². The molecule has 0 saturated heterocycles. The molecule has 0 aliphatic heterocycles. The first-order valence-electron chi connectivity index (χ1n) is 4.02. The van der Waals surface area contributed by atoms with Gasteiger partial charge in [-0.2, -0.15) is 5.10 Å². The van der Waals surface area contributed by atoms with Gasteiger partial charge < -0.3 is 10.4 Å². The van der Waals surface area contributed by atoms with Crippen LogP contribution in [0.1, 0.15) is 5.56 Å². The molecule has 0 bridgehead atoms. The maximum atomic E-state index is 9.02. The fourth-order valence-electron chi connectivity index (χ4n) is 0.782. The van der Waals surface area contributed by atoms with E-state index in [9.17, 15) is 0 Å². The number of hydrazone groups is 1. The van der Waals surface area contributed by atoms with Gasteiger partial charge in [-0.05, 0) is 42.0 Å². The topological polar surface area (TPSA) is 56.7 Å². The third kappa shape index (κ3) is 3.40. The number of nitrogens with one attached hydrogen (secondary N) is 2. The molecule has 3 N–H and O–H groups in total. The first-order valence-corrected chi connectivity index (χ1v) is 4.43. The standard InChI is InChI=1S/C9H11N3OS/c1-10-9(14)12-11-6-7-2-4-8(13)5-3-7/h2-6,13H,1H3,(H2,10,12,14). The third-order valence-electron chi connectivity index (χ3n) is 1.50. The Morgan fingerprint density at radius 2 is 2.07 bits per heavy atom. The number of hydrogen-bond acceptors (Lipinski definition) is 3. The van der Waals surface area contributed by atoms with E-state index in [-0.39, 0.29) is 5.75 Å². The highest BCUT2D eigenvalue weighted by atomic mass is 32.1. The van der Waals surface area contributed by atoms with Crippen LogP contribution in [-0.2, 0) is 0 Å². The number of benzene rings is 1. The lowest BCUT2D eigenvalue weighted by atomic mass is 10.2. The maximum absolute atomic E-state index is 9.02. The van der Waals surface area contributed by atoms with Crippen LogP contribution < -0.4 is 10.7 Å². The van der Waals surface area contributed by atoms with Crippen LogP contribution in [0.15, 0.2) is 29.4 Å². The third-order valence-corrected chi connectivity index (χ3v) is 1.80. The highest BCUT2D eigenvalue weighted by Gasteiger charge is 1.89. The van der Waals surface area contributed by atoms with Gasteiger partial charge in [-0.1, -0.05) is 0 Å². The Morgan fingerprint density at radius 3 is 2.64 bits per heavy atom. The van der Waals surface area contributed by atoms with E-state index in [2.05, 4.69) is 15.8 Å². The van der Waals surface area contributed by atoms with Crippen LogP contribution in [0.3, 0.4) is 0 Å². The summed E-state index contributed by atoms with van der Waals surface area (Å²) >= 11 is 4.82. The lowest BCUT2D eigenvalue weighted by Gasteiger charge is -1.99. The molecule has 1 rings (SSSR count). The summed E-state index contributed by atoms with van der Waals surface area (Å²) in [6, 6.07) is 6.70. The number of rotatable bonds is 2. The summed E-state index contributed by atoms with van der Waals surface area (Å²) in [4.78, 5) is 0. The van der Waals surface area contributed by atoms with Crippen molar-refractivity contribution in [1.82, 2.24) is 10.7 Å². The number of hydrogen-bond donors (Lipinski definition) is 3. The highest BCUT2D eigenvalue weighted by molar-refractivity contribution is 7.80. The summed E-state index contributed by atoms with van der Waals surface area (Å²) in [5, 5.41) is 16.1. The summed E-state index contributed by atoms with van der Waals surface area (Å²) in [6.07, 6.45) is 1.61. The summed E-state index contributed by atoms with van der Waals surface area (Å²) in [5.41, 5.74) is 3.51. The second kappa shape index (κ2) is 5.18. The molecule has 4 nitrogen and oxygen atoms in total. The van der Waals surface area contributed by atoms with Gasteiger partial charge in [0.2, 0.25) is 0 Å². The molecule has 1 aromatic carbocycles. The summed E-state index contributed by atoms with van der Waals surface area (Å²) in [6.45, 7) is 0. The predicted molar refractivity (Wildman–Crippen MR) is 60.5 cm³/mol. The van der Waals surface area contributed by atoms with Crippen molar-refractivity contribution in [2.45, 2.75) is 0 Å². The number of phenols is 1. The molecule has 0 aliphatic rings. The Balaban J connectivity index is 2.52. The maximum Gasteiger partial charge on any atom is 0.186 e. The van der Waals surface area contributed by atoms with E-state index in [1.807, 2.05) is 0 Å². The first-order chi connectivity index (χ1) is 6.72. The number of thiocarbonyl (C=S) groups is 1. The molecule has 0 atom stereocenters. The zero-order valence-corrected chi connectivity index (χ0v) is 8.51. The highest BCUT2D eigenvalue weighted by Crippen LogP contribution is 2.07. The SMILES string of the molecule is CNC(=S)NN=Cc1ccc(O)cc1. The lowest BCUT2D eigenvalue weighted by molar-refractivity contribution is 0.475. The predicted octanol–water partition coefficient (Wildman–Crippen LogP) is 0.820. The molecule has 0 radical (unpaired) electrons. The molecule has 0 unspecified atom stereocenters. The fraction of sp³-hybridized carbons (Fsp3) is 0.111. The van der Waals surface area contributed by atoms with Gasteiger partial charge in [0.15, 0.2) is 5.11 Å². The minimum atomic E-state index is 0.237. The van der Waals surface area contributed by atoms with Crippen LogP contribution in [0.2, 0.25) is 0 Å². The van der Waals surface area contributed by atoms with Gasteiger partial charge in [0, 0.05) is 7.05 Å². The quantitative estimate of drug-likeness (QED) is 0.383. The van der Waals surface area contributed by atoms with Gasteiger partial charge in [-0.15, -0.1) is 0 Å². The first kappa shape index (κ1) is 10.5. The summed E-state index contributed by atoms with van der Waals surface area (Å²) < 4.78 is 0. The van der Waals surface area contributed by atoms with Gasteiger partial charge in [0.25, 0.3) is 0 Å². The molecule has 0 spiro atoms. The monoisotopic (exact) mass is 209 g/mol. The second-order valence-electron chi connectivity index (χ2n) is 2.54. The minimum absolute atomic E-state index is 0.237. The van der Waals surface area contributed by atoms with Crippen molar-refractivity contribution in [3.8, 4) is 5.75 Å². The molecular weight excluding hydrogens is 198 g/mol. The Labute approximate surface area is 87.6 Å². The molecule has 0 heterocycles. The minimum Gasteiger partial charge on any atom is -0.508 e. The largest absolute Gasteiger partial charge is 0.508 e. The van der Waals surface area contributed by atoms with Crippen LogP contribution in [0.5, 0.6) is 5.75 Å². The zero-order valence-electron chi connectivity index (χ0n) is 7.69. The molecule has 0 amide bonds. The van der Waals surface area contributed by atoms with Gasteiger partial charge in [-0.25, -0.2) is 0 Å². The van der Waals surface area contributed by atoms with E-state index in [4.69, 9.17) is 17.3 Å². The van der Waals surface area contributed by atoms with Crippen LogP contribution >= 0.6 is 12.2 Å². The van der Waals surface area contributed by atoms with Crippen molar-refractivity contribution < 1.29 is 5.11 Å². The summed E-state index contributed by atoms with van der Waals surface area (Å²) in [5.74, 6) is 0.237.